The topological polar surface area (TPSA) is 93.8 Å². The third kappa shape index (κ3) is 1.76. The highest BCUT2D eigenvalue weighted by atomic mass is 35.5. The maximum atomic E-state index is 11.0. The molecule has 0 atom stereocenters. The lowest BCUT2D eigenvalue weighted by atomic mass is 10.2. The van der Waals surface area contributed by atoms with Crippen LogP contribution < -0.4 is 0 Å². The fourth-order valence-electron chi connectivity index (χ4n) is 1.75. The van der Waals surface area contributed by atoms with Crippen molar-refractivity contribution in [3.05, 3.63) is 28.5 Å². The lowest BCUT2D eigenvalue weighted by Crippen LogP contribution is -2.04. The first-order valence-electron chi connectivity index (χ1n) is 5.16. The minimum Gasteiger partial charge on any atom is -0.476 e. The molecule has 96 valence electrons. The summed E-state index contributed by atoms with van der Waals surface area (Å²) in [6.07, 6.45) is 0. The second kappa shape index (κ2) is 4.25. The number of halogens is 1. The molecule has 0 fully saturated rings. The van der Waals surface area contributed by atoms with Crippen molar-refractivity contribution in [2.24, 2.45) is 0 Å². The van der Waals surface area contributed by atoms with Gasteiger partial charge in [-0.1, -0.05) is 16.8 Å². The van der Waals surface area contributed by atoms with Crippen LogP contribution in [0, 0.1) is 6.92 Å². The SMILES string of the molecule is Cc1c(C(=O)O)nnn1-c1c(Cl)ccc2nsnc12. The number of aromatic carboxylic acids is 1. The lowest BCUT2D eigenvalue weighted by Gasteiger charge is -2.05. The summed E-state index contributed by atoms with van der Waals surface area (Å²) in [4.78, 5) is 11.0. The van der Waals surface area contributed by atoms with Crippen molar-refractivity contribution in [1.29, 1.82) is 0 Å². The van der Waals surface area contributed by atoms with E-state index < -0.39 is 5.97 Å². The minimum atomic E-state index is -1.14. The Morgan fingerprint density at radius 1 is 1.42 bits per heavy atom. The number of nitrogens with zero attached hydrogens (tertiary/aromatic N) is 5. The molecule has 19 heavy (non-hydrogen) atoms. The van der Waals surface area contributed by atoms with Crippen LogP contribution in [0.5, 0.6) is 0 Å². The highest BCUT2D eigenvalue weighted by Gasteiger charge is 2.20. The Morgan fingerprint density at radius 3 is 2.89 bits per heavy atom. The van der Waals surface area contributed by atoms with E-state index in [2.05, 4.69) is 19.1 Å². The second-order valence-electron chi connectivity index (χ2n) is 3.77. The van der Waals surface area contributed by atoms with Gasteiger partial charge in [-0.3, -0.25) is 0 Å². The van der Waals surface area contributed by atoms with E-state index in [1.165, 1.54) is 4.68 Å². The molecule has 0 amide bonds. The van der Waals surface area contributed by atoms with Gasteiger partial charge >= 0.3 is 5.97 Å². The maximum absolute atomic E-state index is 11.0. The number of fused-ring (bicyclic) bond motifs is 1. The molecule has 0 bridgehead atoms. The average molecular weight is 296 g/mol. The van der Waals surface area contributed by atoms with Crippen molar-refractivity contribution < 1.29 is 9.90 Å². The molecule has 2 aromatic heterocycles. The molecular weight excluding hydrogens is 290 g/mol. The Balaban J connectivity index is 2.33. The summed E-state index contributed by atoms with van der Waals surface area (Å²) in [6.45, 7) is 1.61. The molecule has 0 saturated carbocycles. The molecule has 0 spiro atoms. The molecule has 0 radical (unpaired) electrons. The molecule has 7 nitrogen and oxygen atoms in total. The van der Waals surface area contributed by atoms with Crippen LogP contribution in [0.2, 0.25) is 5.02 Å². The molecule has 0 aliphatic rings. The first kappa shape index (κ1) is 12.0. The van der Waals surface area contributed by atoms with Gasteiger partial charge < -0.3 is 5.11 Å². The molecule has 3 aromatic rings. The van der Waals surface area contributed by atoms with Gasteiger partial charge in [-0.25, -0.2) is 9.48 Å². The first-order valence-corrected chi connectivity index (χ1v) is 6.27. The first-order chi connectivity index (χ1) is 9.09. The number of rotatable bonds is 2. The molecule has 0 aliphatic heterocycles. The summed E-state index contributed by atoms with van der Waals surface area (Å²) in [6, 6.07) is 3.41. The van der Waals surface area contributed by atoms with Crippen molar-refractivity contribution in [1.82, 2.24) is 23.7 Å². The Bertz CT molecular complexity index is 796. The summed E-state index contributed by atoms with van der Waals surface area (Å²) >= 11 is 7.21. The summed E-state index contributed by atoms with van der Waals surface area (Å²) in [5.41, 5.74) is 2.01. The fourth-order valence-corrected chi connectivity index (χ4v) is 2.52. The van der Waals surface area contributed by atoms with Crippen molar-refractivity contribution in [2.45, 2.75) is 6.92 Å². The van der Waals surface area contributed by atoms with Gasteiger partial charge in [0.05, 0.1) is 22.4 Å². The normalized spacial score (nSPS) is 11.1. The number of carbonyl (C=O) groups is 1. The summed E-state index contributed by atoms with van der Waals surface area (Å²) in [5.74, 6) is -1.14. The van der Waals surface area contributed by atoms with Gasteiger partial charge in [0.2, 0.25) is 0 Å². The van der Waals surface area contributed by atoms with Gasteiger partial charge in [-0.15, -0.1) is 5.10 Å². The molecule has 0 unspecified atom stereocenters. The quantitative estimate of drug-likeness (QED) is 0.776. The number of carboxylic acids is 1. The molecular formula is C10H6ClN5O2S. The van der Waals surface area contributed by atoms with Crippen LogP contribution in [0.3, 0.4) is 0 Å². The van der Waals surface area contributed by atoms with Crippen molar-refractivity contribution in [3.63, 3.8) is 0 Å². The highest BCUT2D eigenvalue weighted by Crippen LogP contribution is 2.29. The minimum absolute atomic E-state index is 0.115. The van der Waals surface area contributed by atoms with E-state index in [0.717, 1.165) is 11.7 Å². The average Bonchev–Trinajstić information content (AvgIpc) is 2.96. The highest BCUT2D eigenvalue weighted by molar-refractivity contribution is 7.00. The van der Waals surface area contributed by atoms with Gasteiger partial charge in [0, 0.05) is 0 Å². The van der Waals surface area contributed by atoms with Crippen LogP contribution >= 0.6 is 23.3 Å². The molecule has 1 N–H and O–H groups in total. The maximum Gasteiger partial charge on any atom is 0.358 e. The summed E-state index contributed by atoms with van der Waals surface area (Å²) < 4.78 is 9.64. The zero-order valence-electron chi connectivity index (χ0n) is 9.53. The Morgan fingerprint density at radius 2 is 2.21 bits per heavy atom. The molecule has 9 heteroatoms. The fraction of sp³-hybridized carbons (Fsp3) is 0.100. The Kier molecular flexibility index (Phi) is 2.68. The number of carboxylic acid groups (broad SMARTS) is 1. The van der Waals surface area contributed by atoms with E-state index in [-0.39, 0.29) is 5.69 Å². The standard InChI is InChI=1S/C10H6ClN5O2S/c1-4-7(10(17)18)12-15-16(4)9-5(11)2-3-6-8(9)14-19-13-6/h2-3H,1H3,(H,17,18). The van der Waals surface area contributed by atoms with Crippen molar-refractivity contribution >= 4 is 40.3 Å². The molecule has 0 saturated heterocycles. The molecule has 3 rings (SSSR count). The lowest BCUT2D eigenvalue weighted by molar-refractivity contribution is 0.0689. The van der Waals surface area contributed by atoms with Crippen LogP contribution in [0.25, 0.3) is 16.7 Å². The van der Waals surface area contributed by atoms with Gasteiger partial charge in [0.1, 0.15) is 16.7 Å². The van der Waals surface area contributed by atoms with Crippen LogP contribution in [-0.4, -0.2) is 34.8 Å². The van der Waals surface area contributed by atoms with E-state index in [1.54, 1.807) is 19.1 Å². The molecule has 1 aromatic carbocycles. The number of hydrogen-bond acceptors (Lipinski definition) is 6. The largest absolute Gasteiger partial charge is 0.476 e. The zero-order chi connectivity index (χ0) is 13.6. The van der Waals surface area contributed by atoms with Gasteiger partial charge in [0.15, 0.2) is 5.69 Å². The summed E-state index contributed by atoms with van der Waals surface area (Å²) in [7, 11) is 0. The van der Waals surface area contributed by atoms with Crippen LogP contribution in [-0.2, 0) is 0 Å². The Hall–Kier alpha value is -2.06. The zero-order valence-corrected chi connectivity index (χ0v) is 11.1. The van der Waals surface area contributed by atoms with E-state index in [0.29, 0.717) is 27.4 Å². The van der Waals surface area contributed by atoms with Gasteiger partial charge in [-0.2, -0.15) is 8.75 Å². The third-order valence-corrected chi connectivity index (χ3v) is 3.51. The van der Waals surface area contributed by atoms with E-state index in [1.807, 2.05) is 0 Å². The molecule has 2 heterocycles. The predicted molar refractivity (Wildman–Crippen MR) is 69.0 cm³/mol. The van der Waals surface area contributed by atoms with Crippen LogP contribution in [0.1, 0.15) is 16.2 Å². The number of benzene rings is 1. The van der Waals surface area contributed by atoms with Gasteiger partial charge in [0.25, 0.3) is 0 Å². The predicted octanol–water partition coefficient (Wildman–Crippen LogP) is 1.93. The smallest absolute Gasteiger partial charge is 0.358 e. The molecule has 0 aliphatic carbocycles. The number of aromatic nitrogens is 5. The van der Waals surface area contributed by atoms with Crippen LogP contribution in [0.15, 0.2) is 12.1 Å². The van der Waals surface area contributed by atoms with E-state index in [9.17, 15) is 4.79 Å². The second-order valence-corrected chi connectivity index (χ2v) is 4.70. The summed E-state index contributed by atoms with van der Waals surface area (Å²) in [5, 5.41) is 16.9. The number of hydrogen-bond donors (Lipinski definition) is 1. The Labute approximate surface area is 115 Å². The van der Waals surface area contributed by atoms with Crippen molar-refractivity contribution in [3.8, 4) is 5.69 Å². The van der Waals surface area contributed by atoms with E-state index in [4.69, 9.17) is 16.7 Å². The van der Waals surface area contributed by atoms with E-state index >= 15 is 0 Å². The third-order valence-electron chi connectivity index (χ3n) is 2.66. The van der Waals surface area contributed by atoms with Crippen molar-refractivity contribution in [2.75, 3.05) is 0 Å². The monoisotopic (exact) mass is 295 g/mol. The van der Waals surface area contributed by atoms with Crippen LogP contribution in [0.4, 0.5) is 0 Å². The van der Waals surface area contributed by atoms with Gasteiger partial charge in [-0.05, 0) is 19.1 Å².